The molecule has 2 aromatic rings. The Hall–Kier alpha value is -1.54. The molecule has 2 N–H and O–H groups in total. The van der Waals surface area contributed by atoms with Crippen LogP contribution in [-0.4, -0.2) is 6.54 Å². The fourth-order valence-corrected chi connectivity index (χ4v) is 3.02. The van der Waals surface area contributed by atoms with Crippen molar-refractivity contribution in [3.63, 3.8) is 0 Å². The van der Waals surface area contributed by atoms with Crippen LogP contribution in [0.3, 0.4) is 0 Å². The summed E-state index contributed by atoms with van der Waals surface area (Å²) in [6.45, 7) is 0.704. The van der Waals surface area contributed by atoms with Crippen LogP contribution in [0.25, 0.3) is 0 Å². The molecule has 1 heterocycles. The second-order valence-corrected chi connectivity index (χ2v) is 4.95. The molecule has 0 aliphatic heterocycles. The van der Waals surface area contributed by atoms with E-state index in [0.717, 1.165) is 19.3 Å². The molecule has 1 aromatic carbocycles. The van der Waals surface area contributed by atoms with E-state index in [2.05, 4.69) is 24.3 Å². The van der Waals surface area contributed by atoms with Gasteiger partial charge in [-0.15, -0.1) is 0 Å². The van der Waals surface area contributed by atoms with Gasteiger partial charge in [0, 0.05) is 12.0 Å². The number of fused-ring (bicyclic) bond motifs is 1. The van der Waals surface area contributed by atoms with Crippen molar-refractivity contribution in [2.45, 2.75) is 24.7 Å². The molecule has 0 fully saturated rings. The predicted molar refractivity (Wildman–Crippen MR) is 67.9 cm³/mol. The standard InChI is InChI=1S/C15H17NO/c16-11-15(9-12-6-8-17-10-12)7-5-13-3-1-2-4-14(13)15/h1-4,6,8,10H,5,7,9,11,16H2. The number of hydrogen-bond donors (Lipinski definition) is 1. The average molecular weight is 227 g/mol. The first-order chi connectivity index (χ1) is 8.34. The highest BCUT2D eigenvalue weighted by molar-refractivity contribution is 5.41. The molecule has 88 valence electrons. The molecule has 1 unspecified atom stereocenters. The van der Waals surface area contributed by atoms with Crippen LogP contribution < -0.4 is 5.73 Å². The Morgan fingerprint density at radius 2 is 2.12 bits per heavy atom. The van der Waals surface area contributed by atoms with Gasteiger partial charge in [0.05, 0.1) is 12.5 Å². The average Bonchev–Trinajstić information content (AvgIpc) is 2.99. The summed E-state index contributed by atoms with van der Waals surface area (Å²) in [5.74, 6) is 0. The Balaban J connectivity index is 1.99. The third-order valence-electron chi connectivity index (χ3n) is 3.97. The summed E-state index contributed by atoms with van der Waals surface area (Å²) >= 11 is 0. The molecule has 0 amide bonds. The van der Waals surface area contributed by atoms with Gasteiger partial charge < -0.3 is 10.2 Å². The summed E-state index contributed by atoms with van der Waals surface area (Å²) in [5, 5.41) is 0. The van der Waals surface area contributed by atoms with Crippen LogP contribution in [0.5, 0.6) is 0 Å². The molecule has 0 saturated heterocycles. The SMILES string of the molecule is NCC1(Cc2ccoc2)CCc2ccccc21. The minimum absolute atomic E-state index is 0.112. The minimum Gasteiger partial charge on any atom is -0.472 e. The maximum atomic E-state index is 6.07. The number of aryl methyl sites for hydroxylation is 1. The van der Waals surface area contributed by atoms with Crippen LogP contribution in [0.1, 0.15) is 23.1 Å². The third kappa shape index (κ3) is 1.69. The molecule has 0 saturated carbocycles. The highest BCUT2D eigenvalue weighted by Gasteiger charge is 2.37. The second kappa shape index (κ2) is 4.04. The molecule has 2 nitrogen and oxygen atoms in total. The smallest absolute Gasteiger partial charge is 0.0934 e. The van der Waals surface area contributed by atoms with Crippen molar-refractivity contribution >= 4 is 0 Å². The van der Waals surface area contributed by atoms with E-state index in [9.17, 15) is 0 Å². The molecular formula is C15H17NO. The molecule has 0 radical (unpaired) electrons. The zero-order chi connectivity index (χ0) is 11.7. The maximum absolute atomic E-state index is 6.07. The van der Waals surface area contributed by atoms with Gasteiger partial charge in [0.1, 0.15) is 0 Å². The van der Waals surface area contributed by atoms with Crippen LogP contribution in [0.2, 0.25) is 0 Å². The Morgan fingerprint density at radius 3 is 2.88 bits per heavy atom. The first-order valence-electron chi connectivity index (χ1n) is 6.14. The fraction of sp³-hybridized carbons (Fsp3) is 0.333. The van der Waals surface area contributed by atoms with Crippen molar-refractivity contribution in [1.82, 2.24) is 0 Å². The molecule has 0 spiro atoms. The lowest BCUT2D eigenvalue weighted by Crippen LogP contribution is -2.35. The Morgan fingerprint density at radius 1 is 1.24 bits per heavy atom. The summed E-state index contributed by atoms with van der Waals surface area (Å²) in [5.41, 5.74) is 10.3. The topological polar surface area (TPSA) is 39.2 Å². The molecular weight excluding hydrogens is 210 g/mol. The van der Waals surface area contributed by atoms with Crippen molar-refractivity contribution in [3.8, 4) is 0 Å². The molecule has 1 atom stereocenters. The van der Waals surface area contributed by atoms with Crippen molar-refractivity contribution in [3.05, 3.63) is 59.5 Å². The molecule has 1 aromatic heterocycles. The van der Waals surface area contributed by atoms with Gasteiger partial charge in [-0.2, -0.15) is 0 Å². The zero-order valence-electron chi connectivity index (χ0n) is 9.86. The van der Waals surface area contributed by atoms with Gasteiger partial charge in [-0.3, -0.25) is 0 Å². The Labute approximate surface area is 101 Å². The molecule has 2 heteroatoms. The Bertz CT molecular complexity index is 503. The van der Waals surface area contributed by atoms with Crippen molar-refractivity contribution in [2.24, 2.45) is 5.73 Å². The van der Waals surface area contributed by atoms with Crippen LogP contribution in [-0.2, 0) is 18.3 Å². The van der Waals surface area contributed by atoms with E-state index >= 15 is 0 Å². The quantitative estimate of drug-likeness (QED) is 0.875. The second-order valence-electron chi connectivity index (χ2n) is 4.95. The van der Waals surface area contributed by atoms with E-state index < -0.39 is 0 Å². The van der Waals surface area contributed by atoms with Crippen molar-refractivity contribution in [2.75, 3.05) is 6.54 Å². The van der Waals surface area contributed by atoms with E-state index in [1.54, 1.807) is 6.26 Å². The third-order valence-corrected chi connectivity index (χ3v) is 3.97. The number of furan rings is 1. The minimum atomic E-state index is 0.112. The van der Waals surface area contributed by atoms with E-state index in [4.69, 9.17) is 10.2 Å². The van der Waals surface area contributed by atoms with Crippen LogP contribution >= 0.6 is 0 Å². The number of benzene rings is 1. The van der Waals surface area contributed by atoms with Crippen LogP contribution in [0.4, 0.5) is 0 Å². The highest BCUT2D eigenvalue weighted by Crippen LogP contribution is 2.40. The molecule has 17 heavy (non-hydrogen) atoms. The van der Waals surface area contributed by atoms with Gasteiger partial charge in [0.25, 0.3) is 0 Å². The van der Waals surface area contributed by atoms with Crippen molar-refractivity contribution < 1.29 is 4.42 Å². The van der Waals surface area contributed by atoms with Crippen molar-refractivity contribution in [1.29, 1.82) is 0 Å². The number of nitrogens with two attached hydrogens (primary N) is 1. The molecule has 0 bridgehead atoms. The first-order valence-corrected chi connectivity index (χ1v) is 6.14. The summed E-state index contributed by atoms with van der Waals surface area (Å²) in [6, 6.07) is 10.7. The number of rotatable bonds is 3. The maximum Gasteiger partial charge on any atom is 0.0934 e. The van der Waals surface area contributed by atoms with Crippen LogP contribution in [0, 0.1) is 0 Å². The highest BCUT2D eigenvalue weighted by atomic mass is 16.3. The molecule has 3 rings (SSSR count). The predicted octanol–water partition coefficient (Wildman–Crippen LogP) is 2.67. The summed E-state index contributed by atoms with van der Waals surface area (Å²) in [6.07, 6.45) is 6.84. The van der Waals surface area contributed by atoms with Gasteiger partial charge >= 0.3 is 0 Å². The van der Waals surface area contributed by atoms with Gasteiger partial charge in [0.15, 0.2) is 0 Å². The monoisotopic (exact) mass is 227 g/mol. The van der Waals surface area contributed by atoms with Gasteiger partial charge in [-0.25, -0.2) is 0 Å². The van der Waals surface area contributed by atoms with Gasteiger partial charge in [0.2, 0.25) is 0 Å². The lowest BCUT2D eigenvalue weighted by Gasteiger charge is -2.28. The zero-order valence-corrected chi connectivity index (χ0v) is 9.86. The lowest BCUT2D eigenvalue weighted by atomic mass is 9.77. The van der Waals surface area contributed by atoms with E-state index in [1.165, 1.54) is 16.7 Å². The summed E-state index contributed by atoms with van der Waals surface area (Å²) in [4.78, 5) is 0. The van der Waals surface area contributed by atoms with E-state index in [-0.39, 0.29) is 5.41 Å². The largest absolute Gasteiger partial charge is 0.472 e. The Kier molecular flexibility index (Phi) is 2.52. The fourth-order valence-electron chi connectivity index (χ4n) is 3.02. The van der Waals surface area contributed by atoms with E-state index in [1.807, 2.05) is 12.3 Å². The van der Waals surface area contributed by atoms with Crippen LogP contribution in [0.15, 0.2) is 47.3 Å². The molecule has 1 aliphatic carbocycles. The van der Waals surface area contributed by atoms with Gasteiger partial charge in [-0.1, -0.05) is 24.3 Å². The lowest BCUT2D eigenvalue weighted by molar-refractivity contribution is 0.429. The normalized spacial score (nSPS) is 22.6. The summed E-state index contributed by atoms with van der Waals surface area (Å²) < 4.78 is 5.16. The van der Waals surface area contributed by atoms with Gasteiger partial charge in [-0.05, 0) is 42.0 Å². The first kappa shape index (κ1) is 10.6. The number of hydrogen-bond acceptors (Lipinski definition) is 2. The summed E-state index contributed by atoms with van der Waals surface area (Å²) in [7, 11) is 0. The van der Waals surface area contributed by atoms with E-state index in [0.29, 0.717) is 6.54 Å². The molecule has 1 aliphatic rings.